The summed E-state index contributed by atoms with van der Waals surface area (Å²) < 4.78 is 11.8. The summed E-state index contributed by atoms with van der Waals surface area (Å²) >= 11 is 0. The Morgan fingerprint density at radius 2 is 1.97 bits per heavy atom. The number of para-hydroxylation sites is 1. The number of fused-ring (bicyclic) bond motifs is 1. The van der Waals surface area contributed by atoms with E-state index in [0.29, 0.717) is 23.3 Å². The normalized spacial score (nSPS) is 14.7. The highest BCUT2D eigenvalue weighted by Crippen LogP contribution is 2.31. The Morgan fingerprint density at radius 3 is 2.78 bits per heavy atom. The van der Waals surface area contributed by atoms with Gasteiger partial charge in [-0.25, -0.2) is 9.78 Å². The molecular formula is C25H27N3O4. The molecule has 0 atom stereocenters. The van der Waals surface area contributed by atoms with E-state index in [-0.39, 0.29) is 18.1 Å². The molecule has 1 saturated carbocycles. The molecule has 4 rings (SSSR count). The molecule has 0 spiro atoms. The van der Waals surface area contributed by atoms with Crippen LogP contribution < -0.4 is 10.3 Å². The van der Waals surface area contributed by atoms with Crippen LogP contribution in [0.3, 0.4) is 0 Å². The van der Waals surface area contributed by atoms with Crippen LogP contribution in [-0.4, -0.2) is 35.1 Å². The van der Waals surface area contributed by atoms with Crippen molar-refractivity contribution in [2.75, 3.05) is 13.2 Å². The van der Waals surface area contributed by atoms with Gasteiger partial charge in [-0.2, -0.15) is 9.78 Å². The topological polar surface area (TPSA) is 82.8 Å². The molecule has 0 unspecified atom stereocenters. The van der Waals surface area contributed by atoms with Gasteiger partial charge in [-0.3, -0.25) is 4.79 Å². The van der Waals surface area contributed by atoms with Gasteiger partial charge in [0.05, 0.1) is 23.7 Å². The zero-order valence-corrected chi connectivity index (χ0v) is 18.2. The molecule has 1 aromatic heterocycles. The highest BCUT2D eigenvalue weighted by molar-refractivity contribution is 5.81. The van der Waals surface area contributed by atoms with Crippen molar-refractivity contribution in [3.63, 3.8) is 0 Å². The number of carbonyl (C=O) groups excluding carboxylic acids is 1. The van der Waals surface area contributed by atoms with Gasteiger partial charge in [-0.05, 0) is 49.6 Å². The predicted octanol–water partition coefficient (Wildman–Crippen LogP) is 4.27. The third kappa shape index (κ3) is 5.04. The van der Waals surface area contributed by atoms with Gasteiger partial charge in [-0.15, -0.1) is 0 Å². The molecule has 0 aliphatic heterocycles. The van der Waals surface area contributed by atoms with E-state index in [2.05, 4.69) is 5.10 Å². The van der Waals surface area contributed by atoms with Crippen LogP contribution in [0.2, 0.25) is 0 Å². The van der Waals surface area contributed by atoms with Crippen molar-refractivity contribution in [3.05, 3.63) is 70.3 Å². The summed E-state index contributed by atoms with van der Waals surface area (Å²) in [7, 11) is 0. The van der Waals surface area contributed by atoms with Crippen molar-refractivity contribution >= 4 is 23.1 Å². The number of nitrogens with zero attached hydrogens (tertiary/aromatic N) is 3. The molecule has 0 bridgehead atoms. The second-order valence-electron chi connectivity index (χ2n) is 7.85. The van der Waals surface area contributed by atoms with Crippen molar-refractivity contribution in [3.8, 4) is 5.75 Å². The van der Waals surface area contributed by atoms with Crippen LogP contribution in [0.4, 0.5) is 0 Å². The molecule has 0 N–H and O–H groups in total. The van der Waals surface area contributed by atoms with Crippen LogP contribution in [0.15, 0.2) is 58.4 Å². The van der Waals surface area contributed by atoms with Gasteiger partial charge >= 0.3 is 5.97 Å². The summed E-state index contributed by atoms with van der Waals surface area (Å²) in [6, 6.07) is 14.6. The molecule has 0 saturated heterocycles. The average Bonchev–Trinajstić information content (AvgIpc) is 2.83. The zero-order chi connectivity index (χ0) is 22.3. The van der Waals surface area contributed by atoms with Gasteiger partial charge < -0.3 is 9.47 Å². The third-order valence-electron chi connectivity index (χ3n) is 5.59. The SMILES string of the molecule is CCOC(=O)COc1cccc(C=Nn2c(C3CCCCC3)nc3ccccc3c2=O)c1. The molecule has 0 radical (unpaired) electrons. The summed E-state index contributed by atoms with van der Waals surface area (Å²) in [6.07, 6.45) is 7.14. The second kappa shape index (κ2) is 10.2. The van der Waals surface area contributed by atoms with Crippen molar-refractivity contribution in [1.29, 1.82) is 0 Å². The number of esters is 1. The quantitative estimate of drug-likeness (QED) is 0.411. The van der Waals surface area contributed by atoms with Crippen LogP contribution in [-0.2, 0) is 9.53 Å². The van der Waals surface area contributed by atoms with Crippen LogP contribution in [0.5, 0.6) is 5.75 Å². The van der Waals surface area contributed by atoms with E-state index in [9.17, 15) is 9.59 Å². The number of carbonyl (C=O) groups is 1. The van der Waals surface area contributed by atoms with Gasteiger partial charge in [0, 0.05) is 5.92 Å². The first-order valence-electron chi connectivity index (χ1n) is 11.1. The van der Waals surface area contributed by atoms with Gasteiger partial charge in [0.1, 0.15) is 11.6 Å². The van der Waals surface area contributed by atoms with E-state index < -0.39 is 5.97 Å². The van der Waals surface area contributed by atoms with Crippen molar-refractivity contribution < 1.29 is 14.3 Å². The molecule has 7 heteroatoms. The molecule has 2 aromatic carbocycles. The first kappa shape index (κ1) is 21.7. The van der Waals surface area contributed by atoms with E-state index in [1.807, 2.05) is 30.3 Å². The van der Waals surface area contributed by atoms with Crippen molar-refractivity contribution in [1.82, 2.24) is 9.66 Å². The molecule has 1 aliphatic rings. The standard InChI is InChI=1S/C25H27N3O4/c1-2-31-23(29)17-32-20-12-8-9-18(15-20)16-26-28-24(19-10-4-3-5-11-19)27-22-14-7-6-13-21(22)25(28)30/h6-9,12-16,19H,2-5,10-11,17H2,1H3. The molecule has 1 aliphatic carbocycles. The van der Waals surface area contributed by atoms with Crippen molar-refractivity contribution in [2.24, 2.45) is 5.10 Å². The summed E-state index contributed by atoms with van der Waals surface area (Å²) in [4.78, 5) is 29.6. The van der Waals surface area contributed by atoms with Gasteiger partial charge in [0.15, 0.2) is 6.61 Å². The third-order valence-corrected chi connectivity index (χ3v) is 5.59. The van der Waals surface area contributed by atoms with Crippen LogP contribution in [0, 0.1) is 0 Å². The summed E-state index contributed by atoms with van der Waals surface area (Å²) in [6.45, 7) is 1.90. The number of hydrogen-bond acceptors (Lipinski definition) is 6. The van der Waals surface area contributed by atoms with Gasteiger partial charge in [0.25, 0.3) is 5.56 Å². The van der Waals surface area contributed by atoms with Crippen molar-refractivity contribution in [2.45, 2.75) is 44.9 Å². The number of rotatable bonds is 7. The highest BCUT2D eigenvalue weighted by Gasteiger charge is 2.22. The average molecular weight is 434 g/mol. The number of benzene rings is 2. The lowest BCUT2D eigenvalue weighted by molar-refractivity contribution is -0.145. The smallest absolute Gasteiger partial charge is 0.344 e. The minimum atomic E-state index is -0.419. The number of hydrogen-bond donors (Lipinski definition) is 0. The molecule has 3 aromatic rings. The van der Waals surface area contributed by atoms with Crippen LogP contribution in [0.1, 0.15) is 56.3 Å². The fourth-order valence-corrected chi connectivity index (χ4v) is 4.03. The Kier molecular flexibility index (Phi) is 6.94. The zero-order valence-electron chi connectivity index (χ0n) is 18.2. The lowest BCUT2D eigenvalue weighted by Gasteiger charge is -2.22. The molecule has 32 heavy (non-hydrogen) atoms. The maximum atomic E-state index is 13.3. The molecule has 7 nitrogen and oxygen atoms in total. The van der Waals surface area contributed by atoms with E-state index in [1.54, 1.807) is 31.3 Å². The Morgan fingerprint density at radius 1 is 1.16 bits per heavy atom. The van der Waals surface area contributed by atoms with E-state index in [1.165, 1.54) is 11.1 Å². The number of aromatic nitrogens is 2. The Hall–Kier alpha value is -3.48. The van der Waals surface area contributed by atoms with Crippen LogP contribution >= 0.6 is 0 Å². The summed E-state index contributed by atoms with van der Waals surface area (Å²) in [5, 5.41) is 5.09. The van der Waals surface area contributed by atoms with Gasteiger partial charge in [-0.1, -0.05) is 43.5 Å². The maximum Gasteiger partial charge on any atom is 0.344 e. The van der Waals surface area contributed by atoms with E-state index in [0.717, 1.165) is 37.1 Å². The largest absolute Gasteiger partial charge is 0.482 e. The molecule has 0 amide bonds. The lowest BCUT2D eigenvalue weighted by Crippen LogP contribution is -2.25. The summed E-state index contributed by atoms with van der Waals surface area (Å²) in [5.74, 6) is 1.05. The monoisotopic (exact) mass is 433 g/mol. The maximum absolute atomic E-state index is 13.3. The minimum Gasteiger partial charge on any atom is -0.482 e. The first-order valence-corrected chi connectivity index (χ1v) is 11.1. The van der Waals surface area contributed by atoms with E-state index in [4.69, 9.17) is 14.5 Å². The Balaban J connectivity index is 1.64. The Bertz CT molecular complexity index is 1180. The predicted molar refractivity (Wildman–Crippen MR) is 123 cm³/mol. The van der Waals surface area contributed by atoms with E-state index >= 15 is 0 Å². The van der Waals surface area contributed by atoms with Gasteiger partial charge in [0.2, 0.25) is 0 Å². The minimum absolute atomic E-state index is 0.158. The number of ether oxygens (including phenoxy) is 2. The molecule has 166 valence electrons. The highest BCUT2D eigenvalue weighted by atomic mass is 16.6. The second-order valence-corrected chi connectivity index (χ2v) is 7.85. The molecular weight excluding hydrogens is 406 g/mol. The molecule has 1 fully saturated rings. The van der Waals surface area contributed by atoms with Crippen LogP contribution in [0.25, 0.3) is 10.9 Å². The lowest BCUT2D eigenvalue weighted by atomic mass is 9.88. The fraction of sp³-hybridized carbons (Fsp3) is 0.360. The molecule has 1 heterocycles. The summed E-state index contributed by atoms with van der Waals surface area (Å²) in [5.41, 5.74) is 1.29. The Labute approximate surface area is 186 Å². The fourth-order valence-electron chi connectivity index (χ4n) is 4.03. The first-order chi connectivity index (χ1) is 15.7.